The summed E-state index contributed by atoms with van der Waals surface area (Å²) in [4.78, 5) is 2.63. The number of nitrogens with one attached hydrogen (secondary N) is 1. The second kappa shape index (κ2) is 18.8. The molecule has 0 unspecified atom stereocenters. The Morgan fingerprint density at radius 2 is 1.52 bits per heavy atom. The molecule has 0 aliphatic rings. The van der Waals surface area contributed by atoms with Gasteiger partial charge in [0.25, 0.3) is 0 Å². The third-order valence-electron chi connectivity index (χ3n) is 5.06. The zero-order valence-electron chi connectivity index (χ0n) is 18.9. The number of ether oxygens (including phenoxy) is 1. The summed E-state index contributed by atoms with van der Waals surface area (Å²) in [5.41, 5.74) is 2.39. The van der Waals surface area contributed by atoms with Crippen LogP contribution < -0.4 is 10.1 Å². The summed E-state index contributed by atoms with van der Waals surface area (Å²) < 4.78 is 7.18. The highest BCUT2D eigenvalue weighted by atomic mass is 79.9. The Morgan fingerprint density at radius 1 is 0.871 bits per heavy atom. The molecular formula is C25H39BrCl2N2O. The highest BCUT2D eigenvalue weighted by molar-refractivity contribution is 9.10. The molecule has 31 heavy (non-hydrogen) atoms. The first kappa shape index (κ1) is 30.2. The zero-order chi connectivity index (χ0) is 20.7. The van der Waals surface area contributed by atoms with Gasteiger partial charge in [0.2, 0.25) is 0 Å². The van der Waals surface area contributed by atoms with E-state index in [0.29, 0.717) is 6.61 Å². The predicted octanol–water partition coefficient (Wildman–Crippen LogP) is 7.25. The summed E-state index contributed by atoms with van der Waals surface area (Å²) in [6.45, 7) is 10.7. The van der Waals surface area contributed by atoms with Crippen molar-refractivity contribution >= 4 is 40.7 Å². The molecule has 2 aromatic carbocycles. The van der Waals surface area contributed by atoms with E-state index in [1.54, 1.807) is 0 Å². The molecule has 1 N–H and O–H groups in total. The molecule has 2 aromatic rings. The van der Waals surface area contributed by atoms with Crippen LogP contribution in [0.4, 0.5) is 0 Å². The highest BCUT2D eigenvalue weighted by Crippen LogP contribution is 2.24. The van der Waals surface area contributed by atoms with Crippen LogP contribution in [0.3, 0.4) is 0 Å². The molecule has 0 radical (unpaired) electrons. The Hall–Kier alpha value is -0.780. The van der Waals surface area contributed by atoms with Crippen LogP contribution >= 0.6 is 40.7 Å². The molecular weight excluding hydrogens is 495 g/mol. The Bertz CT molecular complexity index is 680. The predicted molar refractivity (Wildman–Crippen MR) is 142 cm³/mol. The number of benzene rings is 2. The number of rotatable bonds is 15. The molecule has 0 fully saturated rings. The largest absolute Gasteiger partial charge is 0.489 e. The monoisotopic (exact) mass is 532 g/mol. The van der Waals surface area contributed by atoms with Crippen molar-refractivity contribution in [1.29, 1.82) is 0 Å². The fourth-order valence-electron chi connectivity index (χ4n) is 3.31. The lowest BCUT2D eigenvalue weighted by Crippen LogP contribution is -2.29. The van der Waals surface area contributed by atoms with Gasteiger partial charge in [0.15, 0.2) is 0 Å². The van der Waals surface area contributed by atoms with Crippen LogP contribution in [0.25, 0.3) is 0 Å². The minimum absolute atomic E-state index is 0. The van der Waals surface area contributed by atoms with Gasteiger partial charge in [-0.2, -0.15) is 0 Å². The van der Waals surface area contributed by atoms with E-state index in [9.17, 15) is 0 Å². The molecule has 0 aliphatic carbocycles. The SMILES string of the molecule is CCCCN(CCCC)CCCNCc1cc(Br)ccc1OCc1ccccc1.Cl.Cl. The van der Waals surface area contributed by atoms with Crippen molar-refractivity contribution in [1.82, 2.24) is 10.2 Å². The summed E-state index contributed by atoms with van der Waals surface area (Å²) in [5.74, 6) is 0.956. The van der Waals surface area contributed by atoms with E-state index in [0.717, 1.165) is 23.3 Å². The summed E-state index contributed by atoms with van der Waals surface area (Å²) in [6, 6.07) is 16.6. The van der Waals surface area contributed by atoms with Crippen molar-refractivity contribution < 1.29 is 4.74 Å². The summed E-state index contributed by atoms with van der Waals surface area (Å²) in [7, 11) is 0. The van der Waals surface area contributed by atoms with E-state index < -0.39 is 0 Å². The lowest BCUT2D eigenvalue weighted by atomic mass is 10.2. The number of hydrogen-bond acceptors (Lipinski definition) is 3. The number of nitrogens with zero attached hydrogens (tertiary/aromatic N) is 1. The summed E-state index contributed by atoms with van der Waals surface area (Å²) in [5, 5.41) is 3.61. The van der Waals surface area contributed by atoms with Gasteiger partial charge in [0.1, 0.15) is 12.4 Å². The third kappa shape index (κ3) is 12.7. The van der Waals surface area contributed by atoms with Gasteiger partial charge in [-0.25, -0.2) is 0 Å². The van der Waals surface area contributed by atoms with Crippen molar-refractivity contribution in [2.24, 2.45) is 0 Å². The molecule has 0 aliphatic heterocycles. The average molecular weight is 534 g/mol. The van der Waals surface area contributed by atoms with Crippen molar-refractivity contribution in [3.05, 3.63) is 64.1 Å². The van der Waals surface area contributed by atoms with Gasteiger partial charge in [-0.3, -0.25) is 0 Å². The summed E-state index contributed by atoms with van der Waals surface area (Å²) in [6.07, 6.45) is 6.33. The maximum atomic E-state index is 6.09. The molecule has 0 heterocycles. The Morgan fingerprint density at radius 3 is 2.16 bits per heavy atom. The average Bonchev–Trinajstić information content (AvgIpc) is 2.75. The Kier molecular flexibility index (Phi) is 18.3. The van der Waals surface area contributed by atoms with E-state index in [4.69, 9.17) is 4.74 Å². The molecule has 3 nitrogen and oxygen atoms in total. The smallest absolute Gasteiger partial charge is 0.124 e. The first-order valence-electron chi connectivity index (χ1n) is 11.1. The molecule has 0 spiro atoms. The van der Waals surface area contributed by atoms with Gasteiger partial charge in [0.05, 0.1) is 0 Å². The molecule has 0 amide bonds. The zero-order valence-corrected chi connectivity index (χ0v) is 22.2. The molecule has 0 saturated carbocycles. The lowest BCUT2D eigenvalue weighted by molar-refractivity contribution is 0.260. The molecule has 0 aromatic heterocycles. The van der Waals surface area contributed by atoms with Gasteiger partial charge >= 0.3 is 0 Å². The molecule has 2 rings (SSSR count). The molecule has 0 bridgehead atoms. The van der Waals surface area contributed by atoms with Gasteiger partial charge in [0, 0.05) is 16.6 Å². The van der Waals surface area contributed by atoms with Crippen LogP contribution in [-0.2, 0) is 13.2 Å². The standard InChI is InChI=1S/C25H37BrN2O.2ClH/c1-3-5-16-28(17-6-4-2)18-10-15-27-20-23-19-24(26)13-14-25(23)29-21-22-11-8-7-9-12-22;;/h7-9,11-14,19,27H,3-6,10,15-18,20-21H2,1-2H3;2*1H. The second-order valence-corrected chi connectivity index (χ2v) is 8.52. The van der Waals surface area contributed by atoms with E-state index in [2.05, 4.69) is 64.3 Å². The fraction of sp³-hybridized carbons (Fsp3) is 0.520. The van der Waals surface area contributed by atoms with Crippen LogP contribution in [0.5, 0.6) is 5.75 Å². The number of hydrogen-bond donors (Lipinski definition) is 1. The van der Waals surface area contributed by atoms with Crippen LogP contribution in [0.1, 0.15) is 57.1 Å². The maximum Gasteiger partial charge on any atom is 0.124 e. The van der Waals surface area contributed by atoms with E-state index in [1.807, 2.05) is 24.3 Å². The lowest BCUT2D eigenvalue weighted by Gasteiger charge is -2.22. The Balaban J connectivity index is 0.00000450. The first-order valence-corrected chi connectivity index (χ1v) is 11.9. The van der Waals surface area contributed by atoms with Gasteiger partial charge < -0.3 is 15.0 Å². The van der Waals surface area contributed by atoms with E-state index in [1.165, 1.54) is 62.9 Å². The van der Waals surface area contributed by atoms with Crippen molar-refractivity contribution in [3.63, 3.8) is 0 Å². The van der Waals surface area contributed by atoms with Gasteiger partial charge in [-0.05, 0) is 69.2 Å². The third-order valence-corrected chi connectivity index (χ3v) is 5.55. The van der Waals surface area contributed by atoms with Gasteiger partial charge in [-0.15, -0.1) is 24.8 Å². The van der Waals surface area contributed by atoms with Crippen LogP contribution in [0.2, 0.25) is 0 Å². The fourth-order valence-corrected chi connectivity index (χ4v) is 3.72. The van der Waals surface area contributed by atoms with Crippen molar-refractivity contribution in [2.75, 3.05) is 26.2 Å². The van der Waals surface area contributed by atoms with E-state index in [-0.39, 0.29) is 24.8 Å². The second-order valence-electron chi connectivity index (χ2n) is 7.61. The topological polar surface area (TPSA) is 24.5 Å². The van der Waals surface area contributed by atoms with Crippen LogP contribution in [0.15, 0.2) is 53.0 Å². The van der Waals surface area contributed by atoms with Crippen LogP contribution in [-0.4, -0.2) is 31.1 Å². The molecule has 176 valence electrons. The Labute approximate surface area is 210 Å². The van der Waals surface area contributed by atoms with Gasteiger partial charge in [-0.1, -0.05) is 73.0 Å². The first-order chi connectivity index (χ1) is 14.2. The summed E-state index contributed by atoms with van der Waals surface area (Å²) >= 11 is 3.59. The highest BCUT2D eigenvalue weighted by Gasteiger charge is 2.07. The number of unbranched alkanes of at least 4 members (excludes halogenated alkanes) is 2. The number of halogens is 3. The molecule has 0 atom stereocenters. The van der Waals surface area contributed by atoms with Crippen LogP contribution in [0, 0.1) is 0 Å². The minimum atomic E-state index is 0. The minimum Gasteiger partial charge on any atom is -0.489 e. The normalized spacial score (nSPS) is 10.5. The quantitative estimate of drug-likeness (QED) is 0.244. The maximum absolute atomic E-state index is 6.09. The van der Waals surface area contributed by atoms with Crippen molar-refractivity contribution in [3.8, 4) is 5.75 Å². The van der Waals surface area contributed by atoms with Crippen molar-refractivity contribution in [2.45, 2.75) is 59.1 Å². The molecule has 6 heteroatoms. The molecule has 0 saturated heterocycles. The van der Waals surface area contributed by atoms with E-state index >= 15 is 0 Å².